The van der Waals surface area contributed by atoms with Crippen molar-refractivity contribution in [2.75, 3.05) is 13.2 Å². The van der Waals surface area contributed by atoms with Crippen LogP contribution in [0.3, 0.4) is 0 Å². The number of ether oxygens (including phenoxy) is 1. The lowest BCUT2D eigenvalue weighted by atomic mass is 9.93. The van der Waals surface area contributed by atoms with Crippen LogP contribution in [-0.4, -0.2) is 41.7 Å². The molecule has 5 nitrogen and oxygen atoms in total. The van der Waals surface area contributed by atoms with Gasteiger partial charge in [0.15, 0.2) is 5.82 Å². The summed E-state index contributed by atoms with van der Waals surface area (Å²) in [5.74, 6) is -3.54. The fourth-order valence-corrected chi connectivity index (χ4v) is 2.19. The molecule has 1 aromatic heterocycles. The predicted octanol–water partition coefficient (Wildman–Crippen LogP) is 2.34. The van der Waals surface area contributed by atoms with Gasteiger partial charge in [-0.25, -0.2) is 8.78 Å². The maximum atomic E-state index is 12.6. The summed E-state index contributed by atoms with van der Waals surface area (Å²) in [7, 11) is 0. The highest BCUT2D eigenvalue weighted by molar-refractivity contribution is 4.97. The van der Waals surface area contributed by atoms with Crippen LogP contribution in [0.2, 0.25) is 0 Å². The molecule has 1 aliphatic rings. The number of rotatable bonds is 6. The molecule has 2 atom stereocenters. The molecule has 9 heteroatoms. The zero-order valence-corrected chi connectivity index (χ0v) is 11.5. The first-order valence-corrected chi connectivity index (χ1v) is 6.68. The van der Waals surface area contributed by atoms with Crippen LogP contribution in [0.15, 0.2) is 4.52 Å². The lowest BCUT2D eigenvalue weighted by Crippen LogP contribution is -2.35. The van der Waals surface area contributed by atoms with Gasteiger partial charge in [0.25, 0.3) is 0 Å². The van der Waals surface area contributed by atoms with E-state index in [-0.39, 0.29) is 18.3 Å². The number of nitrogens with zero attached hydrogens (tertiary/aromatic N) is 2. The quantitative estimate of drug-likeness (QED) is 0.817. The minimum atomic E-state index is -4.17. The highest BCUT2D eigenvalue weighted by Crippen LogP contribution is 2.26. The molecule has 1 aliphatic heterocycles. The fourth-order valence-electron chi connectivity index (χ4n) is 2.19. The van der Waals surface area contributed by atoms with E-state index in [9.17, 15) is 17.6 Å². The maximum Gasteiger partial charge on any atom is 0.330 e. The Bertz CT molecular complexity index is 455. The maximum absolute atomic E-state index is 12.6. The van der Waals surface area contributed by atoms with Crippen LogP contribution in [0.5, 0.6) is 0 Å². The summed E-state index contributed by atoms with van der Waals surface area (Å²) in [4.78, 5) is 4.07. The van der Waals surface area contributed by atoms with Crippen LogP contribution in [0.4, 0.5) is 17.6 Å². The minimum absolute atomic E-state index is 0.0845. The van der Waals surface area contributed by atoms with E-state index in [0.29, 0.717) is 11.9 Å². The molecule has 21 heavy (non-hydrogen) atoms. The molecule has 2 unspecified atom stereocenters. The molecule has 1 saturated heterocycles. The first kappa shape index (κ1) is 16.2. The molecule has 0 saturated carbocycles. The van der Waals surface area contributed by atoms with E-state index < -0.39 is 19.0 Å². The zero-order valence-electron chi connectivity index (χ0n) is 11.5. The van der Waals surface area contributed by atoms with Crippen molar-refractivity contribution < 1.29 is 26.8 Å². The van der Waals surface area contributed by atoms with E-state index >= 15 is 0 Å². The fraction of sp³-hybridized carbons (Fsp3) is 0.833. The number of alkyl halides is 4. The van der Waals surface area contributed by atoms with E-state index in [1.54, 1.807) is 0 Å². The van der Waals surface area contributed by atoms with E-state index in [0.717, 1.165) is 19.4 Å². The van der Waals surface area contributed by atoms with E-state index in [4.69, 9.17) is 4.52 Å². The van der Waals surface area contributed by atoms with Gasteiger partial charge in [0.2, 0.25) is 5.89 Å². The molecule has 1 aromatic rings. The van der Waals surface area contributed by atoms with Gasteiger partial charge in [-0.1, -0.05) is 5.16 Å². The summed E-state index contributed by atoms with van der Waals surface area (Å²) >= 11 is 0. The largest absolute Gasteiger partial charge is 0.367 e. The molecule has 0 aliphatic carbocycles. The summed E-state index contributed by atoms with van der Waals surface area (Å²) < 4.78 is 58.8. The topological polar surface area (TPSA) is 60.2 Å². The Balaban J connectivity index is 1.83. The highest BCUT2D eigenvalue weighted by atomic mass is 19.3. The molecule has 0 radical (unpaired) electrons. The molecular formula is C12H17F4N3O2. The summed E-state index contributed by atoms with van der Waals surface area (Å²) in [6.07, 6.45) is -2.07. The Kier molecular flexibility index (Phi) is 5.15. The molecule has 2 rings (SSSR count). The number of hydrogen-bond acceptors (Lipinski definition) is 5. The Morgan fingerprint density at radius 1 is 1.48 bits per heavy atom. The number of aromatic nitrogens is 2. The number of halogens is 4. The van der Waals surface area contributed by atoms with Crippen molar-refractivity contribution in [2.45, 2.75) is 50.7 Å². The van der Waals surface area contributed by atoms with Crippen LogP contribution in [0.25, 0.3) is 0 Å². The molecular weight excluding hydrogens is 294 g/mol. The Morgan fingerprint density at radius 2 is 2.24 bits per heavy atom. The van der Waals surface area contributed by atoms with Crippen LogP contribution >= 0.6 is 0 Å². The van der Waals surface area contributed by atoms with Crippen molar-refractivity contribution >= 4 is 0 Å². The lowest BCUT2D eigenvalue weighted by Gasteiger charge is -2.25. The van der Waals surface area contributed by atoms with Gasteiger partial charge in [-0.05, 0) is 26.3 Å². The average molecular weight is 311 g/mol. The monoisotopic (exact) mass is 311 g/mol. The van der Waals surface area contributed by atoms with Crippen LogP contribution < -0.4 is 5.32 Å². The van der Waals surface area contributed by atoms with E-state index in [1.807, 2.05) is 6.92 Å². The van der Waals surface area contributed by atoms with Gasteiger partial charge < -0.3 is 14.6 Å². The van der Waals surface area contributed by atoms with Gasteiger partial charge in [0, 0.05) is 12.0 Å². The SMILES string of the molecule is CC1CC(c2nc(COCC(F)(F)C(F)F)no2)CCN1. The molecule has 1 fully saturated rings. The van der Waals surface area contributed by atoms with Gasteiger partial charge in [0.05, 0.1) is 0 Å². The molecule has 120 valence electrons. The molecule has 0 spiro atoms. The summed E-state index contributed by atoms with van der Waals surface area (Å²) in [5.41, 5.74) is 0. The first-order chi connectivity index (χ1) is 9.88. The molecule has 0 aromatic carbocycles. The van der Waals surface area contributed by atoms with Crippen molar-refractivity contribution in [3.63, 3.8) is 0 Å². The van der Waals surface area contributed by atoms with Gasteiger partial charge >= 0.3 is 12.3 Å². The van der Waals surface area contributed by atoms with Gasteiger partial charge in [0.1, 0.15) is 13.2 Å². The first-order valence-electron chi connectivity index (χ1n) is 6.68. The van der Waals surface area contributed by atoms with Gasteiger partial charge in [-0.15, -0.1) is 0 Å². The minimum Gasteiger partial charge on any atom is -0.367 e. The highest BCUT2D eigenvalue weighted by Gasteiger charge is 2.41. The third-order valence-electron chi connectivity index (χ3n) is 3.30. The zero-order chi connectivity index (χ0) is 15.5. The molecule has 2 heterocycles. The van der Waals surface area contributed by atoms with E-state index in [2.05, 4.69) is 20.2 Å². The summed E-state index contributed by atoms with van der Waals surface area (Å²) in [6.45, 7) is 1.12. The van der Waals surface area contributed by atoms with Crippen molar-refractivity contribution in [3.05, 3.63) is 11.7 Å². The second-order valence-corrected chi connectivity index (χ2v) is 5.18. The number of hydrogen-bond donors (Lipinski definition) is 1. The van der Waals surface area contributed by atoms with Crippen LogP contribution in [0, 0.1) is 0 Å². The van der Waals surface area contributed by atoms with Crippen LogP contribution in [0.1, 0.15) is 37.4 Å². The normalized spacial score (nSPS) is 23.7. The van der Waals surface area contributed by atoms with Gasteiger partial charge in [-0.2, -0.15) is 13.8 Å². The molecule has 1 N–H and O–H groups in total. The Morgan fingerprint density at radius 3 is 2.90 bits per heavy atom. The third-order valence-corrected chi connectivity index (χ3v) is 3.30. The Labute approximate surface area is 119 Å². The van der Waals surface area contributed by atoms with E-state index in [1.165, 1.54) is 0 Å². The second kappa shape index (κ2) is 6.69. The van der Waals surface area contributed by atoms with Crippen molar-refractivity contribution in [1.82, 2.24) is 15.5 Å². The third kappa shape index (κ3) is 4.37. The summed E-state index contributed by atoms with van der Waals surface area (Å²) in [5, 5.41) is 6.90. The van der Waals surface area contributed by atoms with Gasteiger partial charge in [-0.3, -0.25) is 0 Å². The second-order valence-electron chi connectivity index (χ2n) is 5.18. The predicted molar refractivity (Wildman–Crippen MR) is 64.3 cm³/mol. The Hall–Kier alpha value is -1.22. The smallest absolute Gasteiger partial charge is 0.330 e. The van der Waals surface area contributed by atoms with Crippen molar-refractivity contribution in [1.29, 1.82) is 0 Å². The molecule has 0 amide bonds. The van der Waals surface area contributed by atoms with Crippen molar-refractivity contribution in [3.8, 4) is 0 Å². The standard InChI is InChI=1S/C12H17F4N3O2/c1-7-4-8(2-3-17-7)10-18-9(19-21-10)5-20-6-12(15,16)11(13)14/h7-8,11,17H,2-6H2,1H3. The lowest BCUT2D eigenvalue weighted by molar-refractivity contribution is -0.168. The average Bonchev–Trinajstić information content (AvgIpc) is 2.87. The molecule has 0 bridgehead atoms. The van der Waals surface area contributed by atoms with Crippen molar-refractivity contribution in [2.24, 2.45) is 0 Å². The summed E-state index contributed by atoms with van der Waals surface area (Å²) in [6, 6.07) is 0.333. The number of nitrogens with one attached hydrogen (secondary N) is 1. The van der Waals surface area contributed by atoms with Crippen LogP contribution in [-0.2, 0) is 11.3 Å². The number of piperidine rings is 1.